The van der Waals surface area contributed by atoms with Gasteiger partial charge in [0, 0.05) is 25.7 Å². The molecule has 8 heteroatoms. The van der Waals surface area contributed by atoms with Crippen molar-refractivity contribution in [3.8, 4) is 0 Å². The summed E-state index contributed by atoms with van der Waals surface area (Å²) in [6, 6.07) is 5.95. The molecule has 8 nitrogen and oxygen atoms in total. The lowest BCUT2D eigenvalue weighted by Crippen LogP contribution is -2.39. The van der Waals surface area contributed by atoms with E-state index in [2.05, 4.69) is 5.48 Å². The maximum absolute atomic E-state index is 12.1. The molecule has 1 N–H and O–H groups in total. The average molecular weight is 309 g/mol. The summed E-state index contributed by atoms with van der Waals surface area (Å²) >= 11 is 0. The van der Waals surface area contributed by atoms with Gasteiger partial charge < -0.3 is 9.64 Å². The van der Waals surface area contributed by atoms with E-state index in [4.69, 9.17) is 9.57 Å². The molecule has 0 spiro atoms. The Hall–Kier alpha value is -2.19. The minimum atomic E-state index is -0.466. The topological polar surface area (TPSA) is 93.9 Å². The molecule has 1 amide bonds. The van der Waals surface area contributed by atoms with Crippen molar-refractivity contribution in [3.63, 3.8) is 0 Å². The van der Waals surface area contributed by atoms with Crippen LogP contribution in [0.3, 0.4) is 0 Å². The van der Waals surface area contributed by atoms with Crippen molar-refractivity contribution < 1.29 is 19.3 Å². The molecular weight excluding hydrogens is 290 g/mol. The Kier molecular flexibility index (Phi) is 5.68. The highest BCUT2D eigenvalue weighted by molar-refractivity contribution is 5.68. The van der Waals surface area contributed by atoms with Gasteiger partial charge in [0.1, 0.15) is 6.61 Å². The molecule has 0 bridgehead atoms. The number of hydrogen-bond donors (Lipinski definition) is 1. The van der Waals surface area contributed by atoms with Gasteiger partial charge in [0.05, 0.1) is 17.6 Å². The number of ether oxygens (including phenoxy) is 1. The Morgan fingerprint density at radius 3 is 2.82 bits per heavy atom. The standard InChI is InChI=1S/C14H19N3O5/c1-15-22-10-13-3-2-8-16(13)14(18)21-9-11-4-6-12(7-5-11)17(19)20/h4-7,13,15H,2-3,8-10H2,1H3. The normalized spacial score (nSPS) is 17.5. The fraction of sp³-hybridized carbons (Fsp3) is 0.500. The first-order chi connectivity index (χ1) is 10.6. The summed E-state index contributed by atoms with van der Waals surface area (Å²) in [4.78, 5) is 29.0. The number of nitrogens with one attached hydrogen (secondary N) is 1. The number of rotatable bonds is 6. The first kappa shape index (κ1) is 16.2. The Labute approximate surface area is 128 Å². The summed E-state index contributed by atoms with van der Waals surface area (Å²) in [6.07, 6.45) is 1.42. The summed E-state index contributed by atoms with van der Waals surface area (Å²) in [5.74, 6) is 0. The van der Waals surface area contributed by atoms with E-state index >= 15 is 0 Å². The fourth-order valence-electron chi connectivity index (χ4n) is 2.37. The largest absolute Gasteiger partial charge is 0.445 e. The SMILES string of the molecule is CNOCC1CCCN1C(=O)OCc1ccc([N+](=O)[O-])cc1. The van der Waals surface area contributed by atoms with E-state index in [1.807, 2.05) is 0 Å². The molecule has 1 aromatic rings. The van der Waals surface area contributed by atoms with E-state index < -0.39 is 4.92 Å². The van der Waals surface area contributed by atoms with Crippen molar-refractivity contribution >= 4 is 11.8 Å². The second-order valence-electron chi connectivity index (χ2n) is 4.98. The van der Waals surface area contributed by atoms with Crippen molar-refractivity contribution in [2.24, 2.45) is 0 Å². The molecule has 1 aliphatic rings. The van der Waals surface area contributed by atoms with Crippen LogP contribution in [-0.4, -0.2) is 42.2 Å². The second-order valence-corrected chi connectivity index (χ2v) is 4.98. The van der Waals surface area contributed by atoms with Crippen LogP contribution >= 0.6 is 0 Å². The zero-order valence-corrected chi connectivity index (χ0v) is 12.4. The molecule has 1 heterocycles. The summed E-state index contributed by atoms with van der Waals surface area (Å²) in [7, 11) is 1.67. The molecule has 1 unspecified atom stereocenters. The van der Waals surface area contributed by atoms with Crippen molar-refractivity contribution in [1.82, 2.24) is 10.4 Å². The highest BCUT2D eigenvalue weighted by Crippen LogP contribution is 2.19. The molecule has 1 aromatic carbocycles. The van der Waals surface area contributed by atoms with Crippen LogP contribution < -0.4 is 5.48 Å². The van der Waals surface area contributed by atoms with E-state index in [1.165, 1.54) is 12.1 Å². The van der Waals surface area contributed by atoms with Gasteiger partial charge in [0.2, 0.25) is 0 Å². The number of likely N-dealkylation sites (tertiary alicyclic amines) is 1. The number of benzene rings is 1. The number of carbonyl (C=O) groups is 1. The monoisotopic (exact) mass is 309 g/mol. The minimum absolute atomic E-state index is 0.0109. The van der Waals surface area contributed by atoms with Crippen LogP contribution in [0.2, 0.25) is 0 Å². The van der Waals surface area contributed by atoms with Crippen molar-refractivity contribution in [3.05, 3.63) is 39.9 Å². The lowest BCUT2D eigenvalue weighted by Gasteiger charge is -2.23. The van der Waals surface area contributed by atoms with Gasteiger partial charge >= 0.3 is 6.09 Å². The third kappa shape index (κ3) is 4.15. The van der Waals surface area contributed by atoms with Gasteiger partial charge in [-0.3, -0.25) is 15.0 Å². The maximum atomic E-state index is 12.1. The van der Waals surface area contributed by atoms with E-state index in [0.717, 1.165) is 12.8 Å². The third-order valence-corrected chi connectivity index (χ3v) is 3.54. The van der Waals surface area contributed by atoms with Crippen molar-refractivity contribution in [1.29, 1.82) is 0 Å². The van der Waals surface area contributed by atoms with Gasteiger partial charge in [-0.25, -0.2) is 10.3 Å². The third-order valence-electron chi connectivity index (χ3n) is 3.54. The van der Waals surface area contributed by atoms with Gasteiger partial charge in [-0.15, -0.1) is 0 Å². The molecule has 0 aromatic heterocycles. The number of nitrogens with zero attached hydrogens (tertiary/aromatic N) is 2. The average Bonchev–Trinajstić information content (AvgIpc) is 2.99. The predicted octanol–water partition coefficient (Wildman–Crippen LogP) is 1.85. The van der Waals surface area contributed by atoms with Crippen LogP contribution in [0.5, 0.6) is 0 Å². The Morgan fingerprint density at radius 1 is 1.45 bits per heavy atom. The number of hydroxylamine groups is 1. The molecule has 0 saturated carbocycles. The molecular formula is C14H19N3O5. The fourth-order valence-corrected chi connectivity index (χ4v) is 2.37. The van der Waals surface area contributed by atoms with Crippen molar-refractivity contribution in [2.75, 3.05) is 20.2 Å². The van der Waals surface area contributed by atoms with Crippen LogP contribution in [0.15, 0.2) is 24.3 Å². The molecule has 22 heavy (non-hydrogen) atoms. The summed E-state index contributed by atoms with van der Waals surface area (Å²) in [5.41, 5.74) is 3.31. The molecule has 2 rings (SSSR count). The van der Waals surface area contributed by atoms with Gasteiger partial charge in [-0.05, 0) is 30.5 Å². The Balaban J connectivity index is 1.85. The zero-order chi connectivity index (χ0) is 15.9. The highest BCUT2D eigenvalue weighted by atomic mass is 16.6. The lowest BCUT2D eigenvalue weighted by atomic mass is 10.2. The van der Waals surface area contributed by atoms with Crippen molar-refractivity contribution in [2.45, 2.75) is 25.5 Å². The lowest BCUT2D eigenvalue weighted by molar-refractivity contribution is -0.384. The predicted molar refractivity (Wildman–Crippen MR) is 78.0 cm³/mol. The molecule has 1 atom stereocenters. The summed E-state index contributed by atoms with van der Waals surface area (Å²) < 4.78 is 5.26. The number of carbonyl (C=O) groups excluding carboxylic acids is 1. The van der Waals surface area contributed by atoms with Gasteiger partial charge in [0.25, 0.3) is 5.69 Å². The van der Waals surface area contributed by atoms with E-state index in [-0.39, 0.29) is 24.4 Å². The number of amides is 1. The first-order valence-electron chi connectivity index (χ1n) is 7.07. The van der Waals surface area contributed by atoms with Crippen LogP contribution in [0.4, 0.5) is 10.5 Å². The Morgan fingerprint density at radius 2 is 2.18 bits per heavy atom. The number of hydrogen-bond acceptors (Lipinski definition) is 6. The summed E-state index contributed by atoms with van der Waals surface area (Å²) in [6.45, 7) is 1.16. The smallest absolute Gasteiger partial charge is 0.410 e. The highest BCUT2D eigenvalue weighted by Gasteiger charge is 2.30. The first-order valence-corrected chi connectivity index (χ1v) is 7.07. The van der Waals surface area contributed by atoms with Crippen LogP contribution in [0.25, 0.3) is 0 Å². The molecule has 1 aliphatic heterocycles. The van der Waals surface area contributed by atoms with E-state index in [0.29, 0.717) is 18.7 Å². The zero-order valence-electron chi connectivity index (χ0n) is 12.4. The number of non-ortho nitro benzene ring substituents is 1. The molecule has 0 radical (unpaired) electrons. The quantitative estimate of drug-likeness (QED) is 0.636. The maximum Gasteiger partial charge on any atom is 0.410 e. The molecule has 1 saturated heterocycles. The van der Waals surface area contributed by atoms with E-state index in [1.54, 1.807) is 24.1 Å². The molecule has 120 valence electrons. The van der Waals surface area contributed by atoms with Gasteiger partial charge in [-0.2, -0.15) is 0 Å². The molecule has 1 fully saturated rings. The number of nitro benzene ring substituents is 1. The second kappa shape index (κ2) is 7.71. The van der Waals surface area contributed by atoms with E-state index in [9.17, 15) is 14.9 Å². The van der Waals surface area contributed by atoms with Gasteiger partial charge in [0.15, 0.2) is 0 Å². The minimum Gasteiger partial charge on any atom is -0.445 e. The van der Waals surface area contributed by atoms with Crippen LogP contribution in [0.1, 0.15) is 18.4 Å². The molecule has 0 aliphatic carbocycles. The summed E-state index contributed by atoms with van der Waals surface area (Å²) in [5, 5.41) is 10.6. The Bertz CT molecular complexity index is 520. The van der Waals surface area contributed by atoms with Crippen LogP contribution in [-0.2, 0) is 16.2 Å². The van der Waals surface area contributed by atoms with Gasteiger partial charge in [-0.1, -0.05) is 0 Å². The van der Waals surface area contributed by atoms with Crippen LogP contribution in [0, 0.1) is 10.1 Å². The number of nitro groups is 1.